The molecule has 9 unspecified atom stereocenters. The van der Waals surface area contributed by atoms with Crippen molar-refractivity contribution < 1.29 is 28.7 Å². The molecular weight excluding hydrogens is 701 g/mol. The van der Waals surface area contributed by atoms with Crippen LogP contribution in [0.4, 0.5) is 0 Å². The molecule has 2 N–H and O–H groups in total. The van der Waals surface area contributed by atoms with Crippen molar-refractivity contribution in [2.75, 3.05) is 0 Å². The summed E-state index contributed by atoms with van der Waals surface area (Å²) in [7, 11) is 0. The molecule has 14 atom stereocenters. The molecule has 9 aliphatic carbocycles. The van der Waals surface area contributed by atoms with Crippen LogP contribution in [0.5, 0.6) is 0 Å². The number of fused-ring (bicyclic) bond motifs is 13. The van der Waals surface area contributed by atoms with Crippen LogP contribution >= 0.6 is 0 Å². The minimum atomic E-state index is -0.730. The third-order valence-corrected chi connectivity index (χ3v) is 21.4. The van der Waals surface area contributed by atoms with Gasteiger partial charge >= 0.3 is 11.9 Å². The summed E-state index contributed by atoms with van der Waals surface area (Å²) < 4.78 is 12.1. The van der Waals surface area contributed by atoms with Crippen LogP contribution in [0, 0.1) is 78.8 Å². The van der Waals surface area contributed by atoms with E-state index in [0.717, 1.165) is 82.7 Å². The van der Waals surface area contributed by atoms with E-state index in [1.54, 1.807) is 0 Å². The molecular formula is C48H62N2O6. The first kappa shape index (κ1) is 37.1. The number of carbonyl (C=O) groups is 4. The number of ether oxygens (including phenoxy) is 2. The second-order valence-corrected chi connectivity index (χ2v) is 22.1. The second kappa shape index (κ2) is 11.1. The smallest absolute Gasteiger partial charge is 0.306 e. The van der Waals surface area contributed by atoms with Crippen molar-refractivity contribution in [2.45, 2.75) is 162 Å². The van der Waals surface area contributed by atoms with Gasteiger partial charge in [-0.15, -0.1) is 0 Å². The van der Waals surface area contributed by atoms with Gasteiger partial charge in [-0.25, -0.2) is 0 Å². The number of rotatable bonds is 0. The lowest BCUT2D eigenvalue weighted by molar-refractivity contribution is -0.211. The van der Waals surface area contributed by atoms with E-state index < -0.39 is 5.41 Å². The Morgan fingerprint density at radius 3 is 1.89 bits per heavy atom. The minimum Gasteiger partial charge on any atom is -0.458 e. The first-order valence-electron chi connectivity index (χ1n) is 22.1. The Bertz CT molecular complexity index is 2030. The van der Waals surface area contributed by atoms with Gasteiger partial charge in [0.15, 0.2) is 11.6 Å². The topological polar surface area (TPSA) is 137 Å². The largest absolute Gasteiger partial charge is 0.458 e. The zero-order chi connectivity index (χ0) is 39.7. The lowest BCUT2D eigenvalue weighted by Crippen LogP contribution is -2.65. The standard InChI is InChI=1S/C25H32N2O3.C23H30O3/c1-21-10-11-22(2)18(15(21)4-8-25(21)9-6-17(29)30-25)14-12-24(13-26)19(20(14)27)16(28)5-7-23(22,24)3;1-20-9-6-16(24)14-15(20)4-5-17-18-7-10-23(11-8-19(25)26-23)22(18,3)13-12-21(17,20)2/h14-15,18H,4-12,27H2,1-3H3;4-5,14,17-18H,6-13H2,1-3H3/t14-,15?,18?,21?,22?,23?,24+,25-;17?,18?,20?,21-,22?,23+/m10/s1. The predicted octanol–water partition coefficient (Wildman–Crippen LogP) is 8.78. The molecule has 8 nitrogen and oxygen atoms in total. The number of nitrogens with zero attached hydrogens (tertiary/aromatic N) is 1. The Morgan fingerprint density at radius 1 is 0.696 bits per heavy atom. The van der Waals surface area contributed by atoms with E-state index >= 15 is 0 Å². The van der Waals surface area contributed by atoms with Crippen LogP contribution in [0.3, 0.4) is 0 Å². The van der Waals surface area contributed by atoms with Crippen molar-refractivity contribution >= 4 is 23.5 Å². The highest BCUT2D eigenvalue weighted by Gasteiger charge is 2.78. The number of nitrogens with two attached hydrogens (primary N) is 1. The molecule has 11 aliphatic rings. The number of carbonyl (C=O) groups excluding carboxylic acids is 4. The average Bonchev–Trinajstić information content (AvgIpc) is 3.95. The predicted molar refractivity (Wildman–Crippen MR) is 209 cm³/mol. The maximum Gasteiger partial charge on any atom is 0.306 e. The summed E-state index contributed by atoms with van der Waals surface area (Å²) in [5.74, 6) is 2.26. The Balaban J connectivity index is 0.000000139. The molecule has 0 aromatic rings. The van der Waals surface area contributed by atoms with Gasteiger partial charge in [0.2, 0.25) is 0 Å². The van der Waals surface area contributed by atoms with Gasteiger partial charge in [-0.3, -0.25) is 19.2 Å². The normalized spacial score (nSPS) is 54.3. The van der Waals surface area contributed by atoms with E-state index in [0.29, 0.717) is 61.3 Å². The molecule has 2 spiro atoms. The van der Waals surface area contributed by atoms with E-state index in [1.165, 1.54) is 5.57 Å². The summed E-state index contributed by atoms with van der Waals surface area (Å²) in [6.07, 6.45) is 21.5. The SMILES string of the molecule is CC12CCC3(C)C(CC[C@@]34CCC(=O)O4)C1[C@H]1C[C@]3(C#N)C(=C1N)C(=O)CCC23C.CC12CC[C@@]3(C)C(C=CC4=CC(=O)CCC43C)C1CC[C@@]21CCC(=O)O1. The van der Waals surface area contributed by atoms with E-state index in [9.17, 15) is 24.4 Å². The fourth-order valence-corrected chi connectivity index (χ4v) is 17.5. The van der Waals surface area contributed by atoms with Crippen LogP contribution in [0.15, 0.2) is 35.1 Å². The van der Waals surface area contributed by atoms with Gasteiger partial charge in [-0.05, 0) is 140 Å². The summed E-state index contributed by atoms with van der Waals surface area (Å²) in [6.45, 7) is 14.3. The Morgan fingerprint density at radius 2 is 1.29 bits per heavy atom. The van der Waals surface area contributed by atoms with Crippen molar-refractivity contribution in [2.24, 2.45) is 73.2 Å². The number of esters is 2. The van der Waals surface area contributed by atoms with E-state index in [2.05, 4.69) is 59.8 Å². The van der Waals surface area contributed by atoms with Gasteiger partial charge in [0.1, 0.15) is 11.2 Å². The molecule has 6 saturated carbocycles. The fraction of sp³-hybridized carbons (Fsp3) is 0.771. The molecule has 56 heavy (non-hydrogen) atoms. The maximum atomic E-state index is 13.0. The van der Waals surface area contributed by atoms with Crippen molar-refractivity contribution in [1.29, 1.82) is 5.26 Å². The van der Waals surface area contributed by atoms with E-state index in [4.69, 9.17) is 15.2 Å². The van der Waals surface area contributed by atoms with Gasteiger partial charge in [0.05, 0.1) is 11.5 Å². The third-order valence-electron chi connectivity index (χ3n) is 21.4. The number of hydrogen-bond acceptors (Lipinski definition) is 8. The minimum absolute atomic E-state index is 0.00220. The van der Waals surface area contributed by atoms with Crippen molar-refractivity contribution in [3.8, 4) is 6.07 Å². The van der Waals surface area contributed by atoms with Gasteiger partial charge in [0.25, 0.3) is 0 Å². The van der Waals surface area contributed by atoms with Crippen LogP contribution in [-0.2, 0) is 28.7 Å². The molecule has 2 heterocycles. The molecule has 0 aromatic heterocycles. The average molecular weight is 763 g/mol. The van der Waals surface area contributed by atoms with Crippen molar-refractivity contribution in [3.63, 3.8) is 0 Å². The Labute approximate surface area is 332 Å². The highest BCUT2D eigenvalue weighted by Crippen LogP contribution is 2.81. The molecule has 300 valence electrons. The Hall–Kier alpha value is -3.21. The number of allylic oxidation sites excluding steroid dienone is 6. The summed E-state index contributed by atoms with van der Waals surface area (Å²) in [5.41, 5.74) is 8.15. The molecule has 8 fully saturated rings. The fourth-order valence-electron chi connectivity index (χ4n) is 17.5. The first-order chi connectivity index (χ1) is 26.3. The molecule has 11 rings (SSSR count). The van der Waals surface area contributed by atoms with Gasteiger partial charge in [-0.2, -0.15) is 5.26 Å². The van der Waals surface area contributed by atoms with Gasteiger partial charge in [0, 0.05) is 53.7 Å². The lowest BCUT2D eigenvalue weighted by atomic mass is 9.34. The second-order valence-electron chi connectivity index (χ2n) is 22.1. The first-order valence-corrected chi connectivity index (χ1v) is 22.1. The third kappa shape index (κ3) is 3.94. The van der Waals surface area contributed by atoms with Gasteiger partial charge in [-0.1, -0.05) is 53.7 Å². The molecule has 2 bridgehead atoms. The zero-order valence-electron chi connectivity index (χ0n) is 34.6. The van der Waals surface area contributed by atoms with Crippen LogP contribution in [0.25, 0.3) is 0 Å². The van der Waals surface area contributed by atoms with E-state index in [1.807, 2.05) is 6.08 Å². The highest BCUT2D eigenvalue weighted by atomic mass is 16.6. The highest BCUT2D eigenvalue weighted by molar-refractivity contribution is 6.00. The Kier molecular flexibility index (Phi) is 7.34. The monoisotopic (exact) mass is 762 g/mol. The van der Waals surface area contributed by atoms with Crippen molar-refractivity contribution in [1.82, 2.24) is 0 Å². The van der Waals surface area contributed by atoms with E-state index in [-0.39, 0.29) is 73.1 Å². The lowest BCUT2D eigenvalue weighted by Gasteiger charge is -2.68. The molecule has 0 aromatic carbocycles. The number of nitriles is 1. The molecule has 2 saturated heterocycles. The molecule has 0 radical (unpaired) electrons. The summed E-state index contributed by atoms with van der Waals surface area (Å²) in [4.78, 5) is 49.1. The summed E-state index contributed by atoms with van der Waals surface area (Å²) in [6, 6.07) is 2.67. The summed E-state index contributed by atoms with van der Waals surface area (Å²) in [5, 5.41) is 10.5. The molecule has 8 heteroatoms. The number of Topliss-reactive ketones (excluding diaryl/α,β-unsaturated/α-hetero) is 1. The summed E-state index contributed by atoms with van der Waals surface area (Å²) >= 11 is 0. The molecule has 0 amide bonds. The maximum absolute atomic E-state index is 13.0. The molecule has 2 aliphatic heterocycles. The van der Waals surface area contributed by atoms with Crippen LogP contribution < -0.4 is 5.73 Å². The zero-order valence-corrected chi connectivity index (χ0v) is 34.6. The van der Waals surface area contributed by atoms with Crippen LogP contribution in [0.1, 0.15) is 151 Å². The van der Waals surface area contributed by atoms with Gasteiger partial charge < -0.3 is 15.2 Å². The van der Waals surface area contributed by atoms with Crippen molar-refractivity contribution in [3.05, 3.63) is 35.1 Å². The quantitative estimate of drug-likeness (QED) is 0.242. The van der Waals surface area contributed by atoms with Crippen LogP contribution in [0.2, 0.25) is 0 Å². The number of hydrogen-bond donors (Lipinski definition) is 1. The number of ketones is 2. The van der Waals surface area contributed by atoms with Crippen LogP contribution in [-0.4, -0.2) is 34.7 Å².